The third kappa shape index (κ3) is 1.24. The van der Waals surface area contributed by atoms with Gasteiger partial charge in [0.15, 0.2) is 0 Å². The Balaban J connectivity index is 2.48. The van der Waals surface area contributed by atoms with Crippen LogP contribution in [0.3, 0.4) is 0 Å². The number of aryl methyl sites for hydroxylation is 1. The number of fused-ring (bicyclic) bond motifs is 1. The fourth-order valence-electron chi connectivity index (χ4n) is 1.81. The van der Waals surface area contributed by atoms with E-state index in [2.05, 4.69) is 43.6 Å². The third-order valence-corrected chi connectivity index (χ3v) is 2.76. The van der Waals surface area contributed by atoms with Gasteiger partial charge in [0.05, 0.1) is 0 Å². The van der Waals surface area contributed by atoms with E-state index in [1.165, 1.54) is 16.7 Å². The normalized spacial score (nSPS) is 14.9. The van der Waals surface area contributed by atoms with E-state index in [1.807, 2.05) is 0 Å². The highest BCUT2D eigenvalue weighted by molar-refractivity contribution is 5.69. The molecule has 68 valence electrons. The van der Waals surface area contributed by atoms with Gasteiger partial charge in [-0.25, -0.2) is 0 Å². The molecule has 1 aliphatic rings. The second-order valence-electron chi connectivity index (χ2n) is 3.65. The number of hydrogen-bond donors (Lipinski definition) is 0. The van der Waals surface area contributed by atoms with Crippen LogP contribution in [-0.4, -0.2) is 11.9 Å². The molecule has 1 aromatic rings. The lowest BCUT2D eigenvalue weighted by molar-refractivity contribution is 0.501. The SMILES string of the molecule is C=C1c2cc(CC)ccc2CN1C. The number of rotatable bonds is 1. The molecule has 0 spiro atoms. The van der Waals surface area contributed by atoms with Gasteiger partial charge in [0, 0.05) is 24.9 Å². The summed E-state index contributed by atoms with van der Waals surface area (Å²) in [5.41, 5.74) is 5.30. The third-order valence-electron chi connectivity index (χ3n) is 2.76. The van der Waals surface area contributed by atoms with E-state index in [0.29, 0.717) is 0 Å². The summed E-state index contributed by atoms with van der Waals surface area (Å²) in [6.07, 6.45) is 1.10. The lowest BCUT2D eigenvalue weighted by Crippen LogP contribution is -2.05. The summed E-state index contributed by atoms with van der Waals surface area (Å²) in [5, 5.41) is 0. The van der Waals surface area contributed by atoms with Gasteiger partial charge in [-0.3, -0.25) is 0 Å². The van der Waals surface area contributed by atoms with Gasteiger partial charge in [-0.05, 0) is 23.6 Å². The first-order valence-electron chi connectivity index (χ1n) is 4.74. The van der Waals surface area contributed by atoms with Gasteiger partial charge in [-0.2, -0.15) is 0 Å². The van der Waals surface area contributed by atoms with E-state index in [4.69, 9.17) is 0 Å². The number of hydrogen-bond acceptors (Lipinski definition) is 1. The standard InChI is InChI=1S/C12H15N/c1-4-10-5-6-11-8-13(3)9(2)12(11)7-10/h5-7H,2,4,8H2,1,3H3. The highest BCUT2D eigenvalue weighted by Gasteiger charge is 2.18. The first-order valence-corrected chi connectivity index (χ1v) is 4.74. The van der Waals surface area contributed by atoms with Crippen LogP contribution in [0.4, 0.5) is 0 Å². The van der Waals surface area contributed by atoms with E-state index in [9.17, 15) is 0 Å². The first kappa shape index (κ1) is 8.36. The maximum absolute atomic E-state index is 4.08. The molecule has 0 bridgehead atoms. The van der Waals surface area contributed by atoms with Crippen molar-refractivity contribution in [2.45, 2.75) is 19.9 Å². The van der Waals surface area contributed by atoms with Crippen LogP contribution < -0.4 is 0 Å². The molecule has 1 aromatic carbocycles. The fraction of sp³-hybridized carbons (Fsp3) is 0.333. The van der Waals surface area contributed by atoms with Crippen LogP contribution >= 0.6 is 0 Å². The van der Waals surface area contributed by atoms with Crippen molar-refractivity contribution in [1.82, 2.24) is 4.90 Å². The Morgan fingerprint density at radius 1 is 1.46 bits per heavy atom. The smallest absolute Gasteiger partial charge is 0.0432 e. The van der Waals surface area contributed by atoms with Gasteiger partial charge in [-0.15, -0.1) is 0 Å². The Hall–Kier alpha value is -1.24. The first-order chi connectivity index (χ1) is 6.22. The highest BCUT2D eigenvalue weighted by Crippen LogP contribution is 2.30. The van der Waals surface area contributed by atoms with Gasteiger partial charge in [-0.1, -0.05) is 25.6 Å². The molecule has 0 fully saturated rings. The molecule has 1 heterocycles. The van der Waals surface area contributed by atoms with Gasteiger partial charge in [0.2, 0.25) is 0 Å². The van der Waals surface area contributed by atoms with Crippen molar-refractivity contribution in [3.63, 3.8) is 0 Å². The molecule has 0 radical (unpaired) electrons. The maximum atomic E-state index is 4.08. The maximum Gasteiger partial charge on any atom is 0.0432 e. The Morgan fingerprint density at radius 2 is 2.23 bits per heavy atom. The summed E-state index contributed by atoms with van der Waals surface area (Å²) in [4.78, 5) is 2.20. The van der Waals surface area contributed by atoms with Crippen molar-refractivity contribution < 1.29 is 0 Å². The molecule has 0 saturated carbocycles. The van der Waals surface area contributed by atoms with Crippen LogP contribution in [0.15, 0.2) is 24.8 Å². The van der Waals surface area contributed by atoms with E-state index in [0.717, 1.165) is 18.7 Å². The topological polar surface area (TPSA) is 3.24 Å². The lowest BCUT2D eigenvalue weighted by atomic mass is 10.0. The van der Waals surface area contributed by atoms with Crippen LogP contribution in [-0.2, 0) is 13.0 Å². The van der Waals surface area contributed by atoms with Crippen LogP contribution in [0.5, 0.6) is 0 Å². The minimum atomic E-state index is 1.01. The summed E-state index contributed by atoms with van der Waals surface area (Å²) in [6, 6.07) is 6.70. The minimum Gasteiger partial charge on any atom is -0.370 e. The molecular formula is C12H15N. The molecule has 0 unspecified atom stereocenters. The molecule has 0 aliphatic carbocycles. The van der Waals surface area contributed by atoms with E-state index >= 15 is 0 Å². The molecule has 1 aliphatic heterocycles. The van der Waals surface area contributed by atoms with Gasteiger partial charge >= 0.3 is 0 Å². The van der Waals surface area contributed by atoms with Crippen LogP contribution in [0.1, 0.15) is 23.6 Å². The van der Waals surface area contributed by atoms with Crippen LogP contribution in [0.25, 0.3) is 5.70 Å². The molecule has 0 N–H and O–H groups in total. The molecule has 2 rings (SSSR count). The summed E-state index contributed by atoms with van der Waals surface area (Å²) in [5.74, 6) is 0. The van der Waals surface area contributed by atoms with Gasteiger partial charge in [0.25, 0.3) is 0 Å². The highest BCUT2D eigenvalue weighted by atomic mass is 15.1. The Kier molecular flexibility index (Phi) is 1.87. The second kappa shape index (κ2) is 2.91. The van der Waals surface area contributed by atoms with Crippen molar-refractivity contribution in [1.29, 1.82) is 0 Å². The molecule has 0 saturated heterocycles. The largest absolute Gasteiger partial charge is 0.370 e. The summed E-state index contributed by atoms with van der Waals surface area (Å²) in [6.45, 7) is 7.27. The Bertz CT molecular complexity index is 352. The fourth-order valence-corrected chi connectivity index (χ4v) is 1.81. The van der Waals surface area contributed by atoms with Crippen LogP contribution in [0.2, 0.25) is 0 Å². The van der Waals surface area contributed by atoms with Crippen molar-refractivity contribution in [2.75, 3.05) is 7.05 Å². The van der Waals surface area contributed by atoms with Crippen LogP contribution in [0, 0.1) is 0 Å². The van der Waals surface area contributed by atoms with Crippen molar-refractivity contribution >= 4 is 5.70 Å². The molecule has 13 heavy (non-hydrogen) atoms. The molecule has 0 amide bonds. The van der Waals surface area contributed by atoms with Crippen molar-refractivity contribution in [3.8, 4) is 0 Å². The zero-order valence-electron chi connectivity index (χ0n) is 8.30. The van der Waals surface area contributed by atoms with E-state index in [1.54, 1.807) is 0 Å². The number of benzene rings is 1. The summed E-state index contributed by atoms with van der Waals surface area (Å²) < 4.78 is 0. The monoisotopic (exact) mass is 173 g/mol. The average molecular weight is 173 g/mol. The Labute approximate surface area is 79.7 Å². The minimum absolute atomic E-state index is 1.01. The Morgan fingerprint density at radius 3 is 2.92 bits per heavy atom. The lowest BCUT2D eigenvalue weighted by Gasteiger charge is -2.10. The predicted octanol–water partition coefficient (Wildman–Crippen LogP) is 2.67. The molecular weight excluding hydrogens is 158 g/mol. The van der Waals surface area contributed by atoms with E-state index in [-0.39, 0.29) is 0 Å². The molecule has 0 atom stereocenters. The van der Waals surface area contributed by atoms with Gasteiger partial charge < -0.3 is 4.90 Å². The molecule has 1 heteroatoms. The summed E-state index contributed by atoms with van der Waals surface area (Å²) in [7, 11) is 2.09. The van der Waals surface area contributed by atoms with E-state index < -0.39 is 0 Å². The summed E-state index contributed by atoms with van der Waals surface area (Å²) >= 11 is 0. The van der Waals surface area contributed by atoms with Gasteiger partial charge in [0.1, 0.15) is 0 Å². The molecule has 1 nitrogen and oxygen atoms in total. The second-order valence-corrected chi connectivity index (χ2v) is 3.65. The zero-order valence-corrected chi connectivity index (χ0v) is 8.30. The quantitative estimate of drug-likeness (QED) is 0.631. The predicted molar refractivity (Wildman–Crippen MR) is 56.3 cm³/mol. The van der Waals surface area contributed by atoms with Crippen molar-refractivity contribution in [3.05, 3.63) is 41.5 Å². The van der Waals surface area contributed by atoms with Crippen molar-refractivity contribution in [2.24, 2.45) is 0 Å². The number of nitrogens with zero attached hydrogens (tertiary/aromatic N) is 1. The average Bonchev–Trinajstić information content (AvgIpc) is 2.43. The molecule has 0 aromatic heterocycles. The zero-order chi connectivity index (χ0) is 9.42.